The zero-order chi connectivity index (χ0) is 19.0. The second-order valence-electron chi connectivity index (χ2n) is 6.01. The van der Waals surface area contributed by atoms with Crippen molar-refractivity contribution in [2.24, 2.45) is 0 Å². The first kappa shape index (κ1) is 16.7. The minimum atomic E-state index is -0.588. The van der Waals surface area contributed by atoms with Crippen molar-refractivity contribution in [2.75, 3.05) is 7.11 Å². The van der Waals surface area contributed by atoms with Crippen LogP contribution in [0.4, 0.5) is 0 Å². The van der Waals surface area contributed by atoms with Crippen molar-refractivity contribution in [1.82, 2.24) is 9.78 Å². The van der Waals surface area contributed by atoms with Gasteiger partial charge in [-0.05, 0) is 23.8 Å². The van der Waals surface area contributed by atoms with Gasteiger partial charge in [-0.2, -0.15) is 5.10 Å². The van der Waals surface area contributed by atoms with Crippen molar-refractivity contribution < 1.29 is 24.2 Å². The minimum absolute atomic E-state index is 0.0567. The highest BCUT2D eigenvalue weighted by Gasteiger charge is 2.20. The summed E-state index contributed by atoms with van der Waals surface area (Å²) >= 11 is 0. The van der Waals surface area contributed by atoms with Crippen molar-refractivity contribution in [2.45, 2.75) is 6.54 Å². The minimum Gasteiger partial charge on any atom is -0.504 e. The van der Waals surface area contributed by atoms with Crippen LogP contribution in [0.3, 0.4) is 0 Å². The number of ether oxygens (including phenoxy) is 1. The van der Waals surface area contributed by atoms with Crippen molar-refractivity contribution >= 4 is 16.9 Å². The molecule has 0 aliphatic rings. The Balaban J connectivity index is 1.86. The fraction of sp³-hybridized carbons (Fsp3) is 0.100. The fourth-order valence-corrected chi connectivity index (χ4v) is 2.93. The van der Waals surface area contributed by atoms with Crippen LogP contribution < -0.4 is 0 Å². The molecule has 0 radical (unpaired) electrons. The monoisotopic (exact) mass is 364 g/mol. The predicted octanol–water partition coefficient (Wildman–Crippen LogP) is 3.54. The smallest absolute Gasteiger partial charge is 0.373 e. The van der Waals surface area contributed by atoms with Crippen LogP contribution >= 0.6 is 0 Å². The standard InChI is InChI=1S/C20H16N2O5/c1-26-20(25)18-8-7-17(27-18)19-13-9-15(23)16(24)10-14(13)22(21-19)11-12-5-3-2-4-6-12/h2-10,23-24H,11H2,1H3. The maximum Gasteiger partial charge on any atom is 0.373 e. The zero-order valence-corrected chi connectivity index (χ0v) is 14.4. The first-order valence-electron chi connectivity index (χ1n) is 8.22. The summed E-state index contributed by atoms with van der Waals surface area (Å²) in [6.07, 6.45) is 0. The number of nitrogens with zero attached hydrogens (tertiary/aromatic N) is 2. The van der Waals surface area contributed by atoms with Gasteiger partial charge in [0.05, 0.1) is 19.2 Å². The van der Waals surface area contributed by atoms with Gasteiger partial charge < -0.3 is 19.4 Å². The fourth-order valence-electron chi connectivity index (χ4n) is 2.93. The van der Waals surface area contributed by atoms with Gasteiger partial charge in [-0.25, -0.2) is 4.79 Å². The lowest BCUT2D eigenvalue weighted by atomic mass is 10.1. The largest absolute Gasteiger partial charge is 0.504 e. The normalized spacial score (nSPS) is 11.0. The molecule has 0 fully saturated rings. The number of rotatable bonds is 4. The molecule has 0 spiro atoms. The van der Waals surface area contributed by atoms with Crippen molar-refractivity contribution in [3.8, 4) is 23.0 Å². The van der Waals surface area contributed by atoms with E-state index in [1.165, 1.54) is 25.3 Å². The summed E-state index contributed by atoms with van der Waals surface area (Å²) in [6.45, 7) is 0.464. The van der Waals surface area contributed by atoms with Gasteiger partial charge in [0, 0.05) is 11.5 Å². The molecule has 2 aromatic heterocycles. The molecule has 4 aromatic rings. The van der Waals surface area contributed by atoms with Crippen molar-refractivity contribution in [3.05, 3.63) is 65.9 Å². The van der Waals surface area contributed by atoms with Gasteiger partial charge in [-0.3, -0.25) is 4.68 Å². The van der Waals surface area contributed by atoms with Gasteiger partial charge in [0.1, 0.15) is 5.69 Å². The third-order valence-electron chi connectivity index (χ3n) is 4.25. The third kappa shape index (κ3) is 2.99. The second-order valence-corrected chi connectivity index (χ2v) is 6.01. The molecule has 136 valence electrons. The third-order valence-corrected chi connectivity index (χ3v) is 4.25. The quantitative estimate of drug-likeness (QED) is 0.425. The number of carbonyl (C=O) groups is 1. The lowest BCUT2D eigenvalue weighted by molar-refractivity contribution is 0.0566. The number of methoxy groups -OCH3 is 1. The van der Waals surface area contributed by atoms with Gasteiger partial charge >= 0.3 is 5.97 Å². The molecule has 0 unspecified atom stereocenters. The van der Waals surface area contributed by atoms with E-state index in [1.54, 1.807) is 10.7 Å². The summed E-state index contributed by atoms with van der Waals surface area (Å²) in [5, 5.41) is 25.0. The topological polar surface area (TPSA) is 97.7 Å². The van der Waals surface area contributed by atoms with Crippen LogP contribution in [0.5, 0.6) is 11.5 Å². The van der Waals surface area contributed by atoms with Gasteiger partial charge in [-0.1, -0.05) is 30.3 Å². The van der Waals surface area contributed by atoms with Crippen LogP contribution in [0.15, 0.2) is 59.0 Å². The van der Waals surface area contributed by atoms with E-state index in [0.717, 1.165) is 5.56 Å². The average molecular weight is 364 g/mol. The number of benzene rings is 2. The maximum absolute atomic E-state index is 11.7. The molecule has 0 aliphatic heterocycles. The Morgan fingerprint density at radius 2 is 1.85 bits per heavy atom. The van der Waals surface area contributed by atoms with Crippen LogP contribution in [-0.4, -0.2) is 33.1 Å². The molecule has 0 saturated heterocycles. The molecule has 0 atom stereocenters. The van der Waals surface area contributed by atoms with E-state index in [1.807, 2.05) is 30.3 Å². The Kier molecular flexibility index (Phi) is 4.04. The van der Waals surface area contributed by atoms with E-state index >= 15 is 0 Å². The zero-order valence-electron chi connectivity index (χ0n) is 14.4. The SMILES string of the molecule is COC(=O)c1ccc(-c2nn(Cc3ccccc3)c3cc(O)c(O)cc23)o1. The molecule has 7 nitrogen and oxygen atoms in total. The molecule has 4 rings (SSSR count). The molecule has 0 amide bonds. The van der Waals surface area contributed by atoms with E-state index in [2.05, 4.69) is 9.84 Å². The number of hydrogen-bond acceptors (Lipinski definition) is 6. The molecule has 2 N–H and O–H groups in total. The summed E-state index contributed by atoms with van der Waals surface area (Å²) in [4.78, 5) is 11.7. The molecule has 27 heavy (non-hydrogen) atoms. The van der Waals surface area contributed by atoms with E-state index in [0.29, 0.717) is 28.9 Å². The Labute approximate surface area is 154 Å². The highest BCUT2D eigenvalue weighted by atomic mass is 16.5. The Morgan fingerprint density at radius 3 is 2.59 bits per heavy atom. The molecular formula is C20H16N2O5. The number of furan rings is 1. The number of carbonyl (C=O) groups excluding carboxylic acids is 1. The number of aromatic hydroxyl groups is 2. The number of aromatic nitrogens is 2. The maximum atomic E-state index is 11.7. The molecule has 0 saturated carbocycles. The van der Waals surface area contributed by atoms with E-state index in [9.17, 15) is 15.0 Å². The van der Waals surface area contributed by atoms with Crippen molar-refractivity contribution in [1.29, 1.82) is 0 Å². The number of hydrogen-bond donors (Lipinski definition) is 2. The van der Waals surface area contributed by atoms with Crippen LogP contribution in [0.1, 0.15) is 16.1 Å². The molecule has 7 heteroatoms. The molecule has 2 heterocycles. The number of fused-ring (bicyclic) bond motifs is 1. The van der Waals surface area contributed by atoms with Crippen LogP contribution in [-0.2, 0) is 11.3 Å². The van der Waals surface area contributed by atoms with Gasteiger partial charge in [0.2, 0.25) is 5.76 Å². The summed E-state index contributed by atoms with van der Waals surface area (Å²) in [5.74, 6) is -0.672. The van der Waals surface area contributed by atoms with Gasteiger partial charge in [0.25, 0.3) is 0 Å². The molecule has 2 aromatic carbocycles. The molecule has 0 bridgehead atoms. The summed E-state index contributed by atoms with van der Waals surface area (Å²) in [6, 6.07) is 15.7. The van der Waals surface area contributed by atoms with Gasteiger partial charge in [-0.15, -0.1) is 0 Å². The lowest BCUT2D eigenvalue weighted by Gasteiger charge is -2.04. The number of phenols is 2. The number of esters is 1. The second kappa shape index (κ2) is 6.53. The Morgan fingerprint density at radius 1 is 1.11 bits per heavy atom. The highest BCUT2D eigenvalue weighted by molar-refractivity contribution is 5.95. The Hall–Kier alpha value is -3.74. The molecule has 0 aliphatic carbocycles. The highest BCUT2D eigenvalue weighted by Crippen LogP contribution is 2.36. The molecular weight excluding hydrogens is 348 g/mol. The average Bonchev–Trinajstić information content (AvgIpc) is 3.28. The predicted molar refractivity (Wildman–Crippen MR) is 97.6 cm³/mol. The summed E-state index contributed by atoms with van der Waals surface area (Å²) < 4.78 is 11.9. The Bertz CT molecular complexity index is 1130. The first-order chi connectivity index (χ1) is 13.1. The van der Waals surface area contributed by atoms with E-state index < -0.39 is 5.97 Å². The van der Waals surface area contributed by atoms with E-state index in [4.69, 9.17) is 4.42 Å². The van der Waals surface area contributed by atoms with Crippen LogP contribution in [0.2, 0.25) is 0 Å². The van der Waals surface area contributed by atoms with E-state index in [-0.39, 0.29) is 17.3 Å². The van der Waals surface area contributed by atoms with Gasteiger partial charge in [0.15, 0.2) is 17.3 Å². The summed E-state index contributed by atoms with van der Waals surface area (Å²) in [5.41, 5.74) is 2.10. The lowest BCUT2D eigenvalue weighted by Crippen LogP contribution is -2.01. The van der Waals surface area contributed by atoms with Crippen LogP contribution in [0, 0.1) is 0 Å². The summed E-state index contributed by atoms with van der Waals surface area (Å²) in [7, 11) is 1.27. The number of phenolic OH excluding ortho intramolecular Hbond substituents is 2. The van der Waals surface area contributed by atoms with Crippen molar-refractivity contribution in [3.63, 3.8) is 0 Å². The van der Waals surface area contributed by atoms with Crippen LogP contribution in [0.25, 0.3) is 22.4 Å². The first-order valence-corrected chi connectivity index (χ1v) is 8.22.